The second kappa shape index (κ2) is 9.25. The summed E-state index contributed by atoms with van der Waals surface area (Å²) in [7, 11) is 3.61. The number of rotatable bonds is 6. The Hall–Kier alpha value is -3.04. The monoisotopic (exact) mass is 378 g/mol. The highest BCUT2D eigenvalue weighted by molar-refractivity contribution is 5.78. The lowest BCUT2D eigenvalue weighted by atomic mass is 10.1. The van der Waals surface area contributed by atoms with Crippen molar-refractivity contribution in [3.63, 3.8) is 0 Å². The predicted molar refractivity (Wildman–Crippen MR) is 109 cm³/mol. The number of hydrogen-bond acceptors (Lipinski definition) is 5. The minimum Gasteiger partial charge on any atom is -0.497 e. The first-order chi connectivity index (χ1) is 13.6. The van der Waals surface area contributed by atoms with Gasteiger partial charge in [-0.05, 0) is 49.0 Å². The Morgan fingerprint density at radius 2 is 1.71 bits per heavy atom. The van der Waals surface area contributed by atoms with Crippen LogP contribution in [0.25, 0.3) is 0 Å². The molecule has 1 fully saturated rings. The highest BCUT2D eigenvalue weighted by Gasteiger charge is 2.22. The van der Waals surface area contributed by atoms with Gasteiger partial charge >= 0.3 is 0 Å². The van der Waals surface area contributed by atoms with Gasteiger partial charge in [-0.3, -0.25) is 9.69 Å². The number of carbonyl (C=O) groups excluding carboxylic acids is 1. The van der Waals surface area contributed by atoms with Crippen LogP contribution in [-0.2, 0) is 11.3 Å². The Morgan fingerprint density at radius 3 is 2.29 bits per heavy atom. The molecular formula is C22H26N4O2. The van der Waals surface area contributed by atoms with Crippen LogP contribution in [0.1, 0.15) is 11.1 Å². The maximum Gasteiger partial charge on any atom is 0.236 e. The predicted octanol–water partition coefficient (Wildman–Crippen LogP) is 2.35. The first kappa shape index (κ1) is 19.7. The van der Waals surface area contributed by atoms with Crippen LogP contribution in [0.15, 0.2) is 48.5 Å². The lowest BCUT2D eigenvalue weighted by molar-refractivity contribution is -0.132. The van der Waals surface area contributed by atoms with E-state index in [0.717, 1.165) is 43.2 Å². The topological polar surface area (TPSA) is 59.8 Å². The number of anilines is 1. The molecule has 1 aliphatic heterocycles. The molecule has 0 N–H and O–H groups in total. The molecule has 6 heteroatoms. The molecule has 146 valence electrons. The maximum atomic E-state index is 12.6. The van der Waals surface area contributed by atoms with E-state index in [2.05, 4.69) is 23.1 Å². The molecule has 1 heterocycles. The summed E-state index contributed by atoms with van der Waals surface area (Å²) in [6.07, 6.45) is 0. The van der Waals surface area contributed by atoms with Gasteiger partial charge in [0.2, 0.25) is 5.91 Å². The highest BCUT2D eigenvalue weighted by atomic mass is 16.5. The van der Waals surface area contributed by atoms with Gasteiger partial charge in [-0.2, -0.15) is 5.26 Å². The van der Waals surface area contributed by atoms with Crippen LogP contribution < -0.4 is 9.64 Å². The Bertz CT molecular complexity index is 819. The lowest BCUT2D eigenvalue weighted by Gasteiger charge is -2.36. The number of benzene rings is 2. The number of ether oxygens (including phenoxy) is 1. The smallest absolute Gasteiger partial charge is 0.236 e. The van der Waals surface area contributed by atoms with Crippen LogP contribution in [0, 0.1) is 11.3 Å². The fourth-order valence-electron chi connectivity index (χ4n) is 3.39. The molecule has 3 rings (SSSR count). The number of nitriles is 1. The molecule has 1 aliphatic rings. The summed E-state index contributed by atoms with van der Waals surface area (Å²) in [5, 5.41) is 8.87. The largest absolute Gasteiger partial charge is 0.497 e. The number of methoxy groups -OCH3 is 1. The second-order valence-electron chi connectivity index (χ2n) is 7.05. The van der Waals surface area contributed by atoms with Crippen molar-refractivity contribution >= 4 is 11.6 Å². The van der Waals surface area contributed by atoms with Gasteiger partial charge in [0, 0.05) is 38.4 Å². The maximum absolute atomic E-state index is 12.6. The van der Waals surface area contributed by atoms with E-state index in [4.69, 9.17) is 10.00 Å². The summed E-state index contributed by atoms with van der Waals surface area (Å²) >= 11 is 0. The molecule has 6 nitrogen and oxygen atoms in total. The van der Waals surface area contributed by atoms with Crippen LogP contribution in [-0.4, -0.2) is 62.6 Å². The average molecular weight is 378 g/mol. The zero-order chi connectivity index (χ0) is 19.9. The Labute approximate surface area is 166 Å². The standard InChI is InChI=1S/C22H26N4O2/c1-24(16-19-5-3-18(15-23)4-6-19)17-22(27)26-13-11-25(12-14-26)20-7-9-21(28-2)10-8-20/h3-10H,11-14,16-17H2,1-2H3. The fraction of sp³-hybridized carbons (Fsp3) is 0.364. The van der Waals surface area contributed by atoms with E-state index in [1.807, 2.05) is 53.2 Å². The first-order valence-electron chi connectivity index (χ1n) is 9.43. The molecule has 0 atom stereocenters. The van der Waals surface area contributed by atoms with E-state index >= 15 is 0 Å². The third-order valence-electron chi connectivity index (χ3n) is 5.01. The van der Waals surface area contributed by atoms with Crippen LogP contribution >= 0.6 is 0 Å². The van der Waals surface area contributed by atoms with Gasteiger partial charge in [0.05, 0.1) is 25.3 Å². The molecule has 28 heavy (non-hydrogen) atoms. The summed E-state index contributed by atoms with van der Waals surface area (Å²) in [5.74, 6) is 1.01. The van der Waals surface area contributed by atoms with Crippen molar-refractivity contribution < 1.29 is 9.53 Å². The van der Waals surface area contributed by atoms with Crippen LogP contribution in [0.4, 0.5) is 5.69 Å². The average Bonchev–Trinajstić information content (AvgIpc) is 2.74. The van der Waals surface area contributed by atoms with Crippen molar-refractivity contribution in [1.29, 1.82) is 5.26 Å². The van der Waals surface area contributed by atoms with Crippen LogP contribution in [0.5, 0.6) is 5.75 Å². The van der Waals surface area contributed by atoms with Crippen LogP contribution in [0.2, 0.25) is 0 Å². The zero-order valence-corrected chi connectivity index (χ0v) is 16.5. The van der Waals surface area contributed by atoms with Crippen LogP contribution in [0.3, 0.4) is 0 Å². The quantitative estimate of drug-likeness (QED) is 0.772. The molecule has 0 aromatic heterocycles. The van der Waals surface area contributed by atoms with Crippen molar-refractivity contribution in [3.05, 3.63) is 59.7 Å². The van der Waals surface area contributed by atoms with Crippen molar-refractivity contribution in [2.75, 3.05) is 51.8 Å². The van der Waals surface area contributed by atoms with Crippen molar-refractivity contribution in [2.24, 2.45) is 0 Å². The second-order valence-corrected chi connectivity index (χ2v) is 7.05. The fourth-order valence-corrected chi connectivity index (χ4v) is 3.39. The number of amides is 1. The van der Waals surface area contributed by atoms with Gasteiger partial charge < -0.3 is 14.5 Å². The summed E-state index contributed by atoms with van der Waals surface area (Å²) in [6.45, 7) is 4.20. The first-order valence-corrected chi connectivity index (χ1v) is 9.43. The zero-order valence-electron chi connectivity index (χ0n) is 16.5. The molecule has 0 aliphatic carbocycles. The molecule has 0 radical (unpaired) electrons. The molecule has 0 saturated carbocycles. The van der Waals surface area contributed by atoms with Gasteiger partial charge in [0.25, 0.3) is 0 Å². The molecule has 0 spiro atoms. The van der Waals surface area contributed by atoms with E-state index < -0.39 is 0 Å². The molecule has 2 aromatic carbocycles. The number of likely N-dealkylation sites (N-methyl/N-ethyl adjacent to an activating group) is 1. The Kier molecular flexibility index (Phi) is 6.51. The summed E-state index contributed by atoms with van der Waals surface area (Å²) < 4.78 is 5.21. The third kappa shape index (κ3) is 5.02. The van der Waals surface area contributed by atoms with Crippen molar-refractivity contribution in [2.45, 2.75) is 6.54 Å². The van der Waals surface area contributed by atoms with E-state index in [1.54, 1.807) is 7.11 Å². The number of piperazine rings is 1. The minimum absolute atomic E-state index is 0.158. The molecular weight excluding hydrogens is 352 g/mol. The highest BCUT2D eigenvalue weighted by Crippen LogP contribution is 2.20. The van der Waals surface area contributed by atoms with E-state index in [-0.39, 0.29) is 5.91 Å². The third-order valence-corrected chi connectivity index (χ3v) is 5.01. The summed E-state index contributed by atoms with van der Waals surface area (Å²) in [6, 6.07) is 17.7. The lowest BCUT2D eigenvalue weighted by Crippen LogP contribution is -2.51. The van der Waals surface area contributed by atoms with Gasteiger partial charge in [-0.1, -0.05) is 12.1 Å². The molecule has 2 aromatic rings. The van der Waals surface area contributed by atoms with Gasteiger partial charge in [0.15, 0.2) is 0 Å². The number of carbonyl (C=O) groups is 1. The van der Waals surface area contributed by atoms with E-state index in [1.165, 1.54) is 0 Å². The SMILES string of the molecule is COc1ccc(N2CCN(C(=O)CN(C)Cc3ccc(C#N)cc3)CC2)cc1. The molecule has 1 amide bonds. The van der Waals surface area contributed by atoms with Crippen molar-refractivity contribution in [1.82, 2.24) is 9.80 Å². The minimum atomic E-state index is 0.158. The Morgan fingerprint density at radius 1 is 1.07 bits per heavy atom. The van der Waals surface area contributed by atoms with Gasteiger partial charge in [-0.15, -0.1) is 0 Å². The summed E-state index contributed by atoms with van der Waals surface area (Å²) in [5.41, 5.74) is 2.90. The van der Waals surface area contributed by atoms with E-state index in [0.29, 0.717) is 18.7 Å². The van der Waals surface area contributed by atoms with Gasteiger partial charge in [0.1, 0.15) is 5.75 Å². The van der Waals surface area contributed by atoms with Gasteiger partial charge in [-0.25, -0.2) is 0 Å². The van der Waals surface area contributed by atoms with Crippen molar-refractivity contribution in [3.8, 4) is 11.8 Å². The number of nitrogens with zero attached hydrogens (tertiary/aromatic N) is 4. The molecule has 1 saturated heterocycles. The number of hydrogen-bond donors (Lipinski definition) is 0. The Balaban J connectivity index is 1.46. The summed E-state index contributed by atoms with van der Waals surface area (Å²) in [4.78, 5) is 18.9. The molecule has 0 bridgehead atoms. The molecule has 0 unspecified atom stereocenters. The van der Waals surface area contributed by atoms with E-state index in [9.17, 15) is 4.79 Å². The normalized spacial score (nSPS) is 14.1.